The van der Waals surface area contributed by atoms with E-state index >= 15 is 0 Å². The molecular formula is C16H19ClN2O3. The van der Waals surface area contributed by atoms with Crippen LogP contribution in [0.1, 0.15) is 35.2 Å². The number of hydrogen-bond donors (Lipinski definition) is 1. The minimum atomic E-state index is -0.211. The molecule has 0 spiro atoms. The molecule has 1 N–H and O–H groups in total. The van der Waals surface area contributed by atoms with Gasteiger partial charge in [-0.15, -0.1) is 0 Å². The van der Waals surface area contributed by atoms with Crippen LogP contribution < -0.4 is 10.1 Å². The normalized spacial score (nSPS) is 12.0. The highest BCUT2D eigenvalue weighted by atomic mass is 35.5. The van der Waals surface area contributed by atoms with Gasteiger partial charge in [0.25, 0.3) is 5.91 Å². The number of amides is 1. The van der Waals surface area contributed by atoms with E-state index in [1.807, 2.05) is 19.1 Å². The maximum absolute atomic E-state index is 12.2. The maximum atomic E-state index is 12.2. The van der Waals surface area contributed by atoms with Gasteiger partial charge in [0.2, 0.25) is 0 Å². The molecule has 2 rings (SSSR count). The lowest BCUT2D eigenvalue weighted by Crippen LogP contribution is -2.35. The summed E-state index contributed by atoms with van der Waals surface area (Å²) >= 11 is 6.08. The van der Waals surface area contributed by atoms with E-state index in [0.717, 1.165) is 6.42 Å². The number of aromatic nitrogens is 1. The second kappa shape index (κ2) is 7.31. The average Bonchev–Trinajstić information content (AvgIpc) is 2.84. The van der Waals surface area contributed by atoms with Crippen molar-refractivity contribution in [2.75, 3.05) is 6.54 Å². The molecule has 0 fully saturated rings. The summed E-state index contributed by atoms with van der Waals surface area (Å²) in [6.45, 7) is 5.82. The zero-order chi connectivity index (χ0) is 16.1. The highest BCUT2D eigenvalue weighted by molar-refractivity contribution is 6.32. The van der Waals surface area contributed by atoms with Crippen molar-refractivity contribution < 1.29 is 14.1 Å². The molecule has 22 heavy (non-hydrogen) atoms. The average molecular weight is 323 g/mol. The number of ether oxygens (including phenoxy) is 1. The Morgan fingerprint density at radius 1 is 1.41 bits per heavy atom. The lowest BCUT2D eigenvalue weighted by Gasteiger charge is -2.19. The molecule has 1 heterocycles. The molecule has 5 nitrogen and oxygen atoms in total. The van der Waals surface area contributed by atoms with E-state index in [9.17, 15) is 4.79 Å². The van der Waals surface area contributed by atoms with Crippen molar-refractivity contribution in [2.45, 2.75) is 33.3 Å². The summed E-state index contributed by atoms with van der Waals surface area (Å²) in [6, 6.07) is 7.28. The van der Waals surface area contributed by atoms with Crippen LogP contribution >= 0.6 is 11.6 Å². The van der Waals surface area contributed by atoms with Gasteiger partial charge in [0, 0.05) is 0 Å². The van der Waals surface area contributed by atoms with Crippen LogP contribution in [0.5, 0.6) is 5.75 Å². The number of nitrogens with one attached hydrogen (secondary N) is 1. The molecule has 2 aromatic rings. The lowest BCUT2D eigenvalue weighted by molar-refractivity contribution is 0.0924. The van der Waals surface area contributed by atoms with Gasteiger partial charge in [0.15, 0.2) is 0 Å². The summed E-state index contributed by atoms with van der Waals surface area (Å²) in [5, 5.41) is 7.18. The largest absolute Gasteiger partial charge is 0.487 e. The third-order valence-electron chi connectivity index (χ3n) is 3.34. The predicted molar refractivity (Wildman–Crippen MR) is 84.5 cm³/mol. The summed E-state index contributed by atoms with van der Waals surface area (Å²) in [5.41, 5.74) is 1.06. The molecule has 1 aromatic heterocycles. The first-order valence-electron chi connectivity index (χ1n) is 7.15. The van der Waals surface area contributed by atoms with Crippen molar-refractivity contribution in [1.29, 1.82) is 0 Å². The molecule has 0 radical (unpaired) electrons. The summed E-state index contributed by atoms with van der Waals surface area (Å²) in [7, 11) is 0. The zero-order valence-electron chi connectivity index (χ0n) is 12.9. The van der Waals surface area contributed by atoms with Crippen molar-refractivity contribution >= 4 is 17.5 Å². The van der Waals surface area contributed by atoms with E-state index in [-0.39, 0.29) is 12.0 Å². The van der Waals surface area contributed by atoms with Crippen LogP contribution in [0.4, 0.5) is 0 Å². The SMILES string of the molecule is CCC(CNC(=O)c1c(C)noc1C)Oc1ccccc1Cl. The summed E-state index contributed by atoms with van der Waals surface area (Å²) in [5.74, 6) is 0.912. The van der Waals surface area contributed by atoms with Crippen molar-refractivity contribution in [1.82, 2.24) is 10.5 Å². The fourth-order valence-corrected chi connectivity index (χ4v) is 2.27. The quantitative estimate of drug-likeness (QED) is 0.883. The number of halogens is 1. The molecule has 0 saturated carbocycles. The number of para-hydroxylation sites is 1. The van der Waals surface area contributed by atoms with Crippen LogP contribution in [0.25, 0.3) is 0 Å². The Hall–Kier alpha value is -2.01. The number of benzene rings is 1. The molecular weight excluding hydrogens is 304 g/mol. The first kappa shape index (κ1) is 16.4. The number of hydrogen-bond acceptors (Lipinski definition) is 4. The van der Waals surface area contributed by atoms with Crippen molar-refractivity contribution in [3.63, 3.8) is 0 Å². The zero-order valence-corrected chi connectivity index (χ0v) is 13.6. The van der Waals surface area contributed by atoms with Crippen LogP contribution in [0.3, 0.4) is 0 Å². The molecule has 1 amide bonds. The number of nitrogens with zero attached hydrogens (tertiary/aromatic N) is 1. The number of carbonyl (C=O) groups excluding carboxylic acids is 1. The first-order valence-corrected chi connectivity index (χ1v) is 7.53. The predicted octanol–water partition coefficient (Wildman–Crippen LogP) is 3.53. The molecule has 0 aliphatic carbocycles. The van der Waals surface area contributed by atoms with E-state index < -0.39 is 0 Å². The van der Waals surface area contributed by atoms with Crippen LogP contribution in [0, 0.1) is 13.8 Å². The molecule has 0 aliphatic heterocycles. The standard InChI is InChI=1S/C16H19ClN2O3/c1-4-12(21-14-8-6-5-7-13(14)17)9-18-16(20)15-10(2)19-22-11(15)3/h5-8,12H,4,9H2,1-3H3,(H,18,20). The van der Waals surface area contributed by atoms with Gasteiger partial charge >= 0.3 is 0 Å². The molecule has 0 aliphatic rings. The van der Waals surface area contributed by atoms with Crippen LogP contribution in [-0.4, -0.2) is 23.7 Å². The third-order valence-corrected chi connectivity index (χ3v) is 3.65. The smallest absolute Gasteiger partial charge is 0.256 e. The Balaban J connectivity index is 1.97. The molecule has 0 bridgehead atoms. The number of aryl methyl sites for hydroxylation is 2. The number of carbonyl (C=O) groups is 1. The van der Waals surface area contributed by atoms with Crippen LogP contribution in [0.2, 0.25) is 5.02 Å². The summed E-state index contributed by atoms with van der Waals surface area (Å²) in [6.07, 6.45) is 0.580. The van der Waals surface area contributed by atoms with Gasteiger partial charge in [0.05, 0.1) is 17.3 Å². The minimum absolute atomic E-state index is 0.163. The Labute approximate surface area is 134 Å². The Morgan fingerprint density at radius 3 is 2.73 bits per heavy atom. The summed E-state index contributed by atoms with van der Waals surface area (Å²) in [4.78, 5) is 12.2. The third kappa shape index (κ3) is 3.80. The second-order valence-electron chi connectivity index (χ2n) is 4.99. The van der Waals surface area contributed by atoms with Gasteiger partial charge in [-0.2, -0.15) is 0 Å². The Morgan fingerprint density at radius 2 is 2.14 bits per heavy atom. The Bertz CT molecular complexity index is 635. The highest BCUT2D eigenvalue weighted by Gasteiger charge is 2.19. The van der Waals surface area contributed by atoms with Crippen molar-refractivity contribution in [2.24, 2.45) is 0 Å². The lowest BCUT2D eigenvalue weighted by atomic mass is 10.2. The van der Waals surface area contributed by atoms with Gasteiger partial charge in [-0.25, -0.2) is 0 Å². The van der Waals surface area contributed by atoms with E-state index in [1.165, 1.54) is 0 Å². The molecule has 1 atom stereocenters. The minimum Gasteiger partial charge on any atom is -0.487 e. The maximum Gasteiger partial charge on any atom is 0.256 e. The molecule has 118 valence electrons. The van der Waals surface area contributed by atoms with Crippen LogP contribution in [-0.2, 0) is 0 Å². The fraction of sp³-hybridized carbons (Fsp3) is 0.375. The van der Waals surface area contributed by atoms with Gasteiger partial charge in [-0.05, 0) is 32.4 Å². The molecule has 0 saturated heterocycles. The monoisotopic (exact) mass is 322 g/mol. The van der Waals surface area contributed by atoms with E-state index in [1.54, 1.807) is 26.0 Å². The highest BCUT2D eigenvalue weighted by Crippen LogP contribution is 2.24. The van der Waals surface area contributed by atoms with Gasteiger partial charge in [-0.3, -0.25) is 4.79 Å². The van der Waals surface area contributed by atoms with Gasteiger partial charge < -0.3 is 14.6 Å². The second-order valence-corrected chi connectivity index (χ2v) is 5.39. The summed E-state index contributed by atoms with van der Waals surface area (Å²) < 4.78 is 10.8. The molecule has 1 unspecified atom stereocenters. The topological polar surface area (TPSA) is 64.4 Å². The Kier molecular flexibility index (Phi) is 5.44. The van der Waals surface area contributed by atoms with Gasteiger partial charge in [-0.1, -0.05) is 35.8 Å². The van der Waals surface area contributed by atoms with Gasteiger partial charge in [0.1, 0.15) is 23.2 Å². The molecule has 1 aromatic carbocycles. The van der Waals surface area contributed by atoms with E-state index in [2.05, 4.69) is 10.5 Å². The number of rotatable bonds is 6. The fourth-order valence-electron chi connectivity index (χ4n) is 2.09. The van der Waals surface area contributed by atoms with Crippen LogP contribution in [0.15, 0.2) is 28.8 Å². The van der Waals surface area contributed by atoms with E-state index in [0.29, 0.717) is 34.3 Å². The van der Waals surface area contributed by atoms with Crippen molar-refractivity contribution in [3.8, 4) is 5.75 Å². The van der Waals surface area contributed by atoms with E-state index in [4.69, 9.17) is 20.9 Å². The molecule has 6 heteroatoms. The van der Waals surface area contributed by atoms with Crippen molar-refractivity contribution in [3.05, 3.63) is 46.3 Å². The first-order chi connectivity index (χ1) is 10.5.